The summed E-state index contributed by atoms with van der Waals surface area (Å²) in [6, 6.07) is 6.59. The number of rotatable bonds is 7. The molecule has 0 spiro atoms. The standard InChI is InChI=1S/C19H25N3O6S/c1-26-15-4-5-17(18(12-15)27-2)20-19(23)13-21-7-3-8-22(10-9-21)29(24,25)16-6-11-28-14-16/h4-6,11-12,14H,3,7-10,13H2,1-2H3,(H,20,23). The largest absolute Gasteiger partial charge is 0.497 e. The zero-order valence-electron chi connectivity index (χ0n) is 16.5. The molecule has 0 radical (unpaired) electrons. The lowest BCUT2D eigenvalue weighted by atomic mass is 10.2. The second-order valence-corrected chi connectivity index (χ2v) is 8.55. The molecule has 158 valence electrons. The molecule has 1 N–H and O–H groups in total. The molecule has 0 aliphatic carbocycles. The van der Waals surface area contributed by atoms with Crippen molar-refractivity contribution in [3.05, 3.63) is 36.8 Å². The van der Waals surface area contributed by atoms with Crippen LogP contribution in [-0.2, 0) is 14.8 Å². The van der Waals surface area contributed by atoms with Gasteiger partial charge in [0.25, 0.3) is 0 Å². The molecule has 3 rings (SSSR count). The Kier molecular flexibility index (Phi) is 6.78. The van der Waals surface area contributed by atoms with E-state index >= 15 is 0 Å². The van der Waals surface area contributed by atoms with E-state index in [0.29, 0.717) is 49.8 Å². The van der Waals surface area contributed by atoms with Gasteiger partial charge in [0, 0.05) is 25.7 Å². The van der Waals surface area contributed by atoms with Crippen molar-refractivity contribution in [1.82, 2.24) is 9.21 Å². The number of ether oxygens (including phenoxy) is 2. The Hall–Kier alpha value is -2.56. The smallest absolute Gasteiger partial charge is 0.246 e. The van der Waals surface area contributed by atoms with Crippen LogP contribution in [0.3, 0.4) is 0 Å². The van der Waals surface area contributed by atoms with Gasteiger partial charge < -0.3 is 19.2 Å². The summed E-state index contributed by atoms with van der Waals surface area (Å²) >= 11 is 0. The van der Waals surface area contributed by atoms with Crippen LogP contribution in [0.4, 0.5) is 5.69 Å². The molecule has 1 amide bonds. The van der Waals surface area contributed by atoms with Gasteiger partial charge in [0.15, 0.2) is 0 Å². The molecule has 9 nitrogen and oxygen atoms in total. The van der Waals surface area contributed by atoms with Crippen molar-refractivity contribution < 1.29 is 27.1 Å². The molecule has 0 unspecified atom stereocenters. The molecular formula is C19H25N3O6S. The Morgan fingerprint density at radius 1 is 1.14 bits per heavy atom. The van der Waals surface area contributed by atoms with E-state index in [2.05, 4.69) is 5.32 Å². The fourth-order valence-corrected chi connectivity index (χ4v) is 4.58. The molecule has 0 atom stereocenters. The lowest BCUT2D eigenvalue weighted by molar-refractivity contribution is -0.117. The molecule has 1 fully saturated rings. The number of nitrogens with one attached hydrogen (secondary N) is 1. The van der Waals surface area contributed by atoms with E-state index < -0.39 is 10.0 Å². The van der Waals surface area contributed by atoms with Gasteiger partial charge in [-0.25, -0.2) is 8.42 Å². The third-order valence-electron chi connectivity index (χ3n) is 4.73. The number of furan rings is 1. The molecule has 1 saturated heterocycles. The van der Waals surface area contributed by atoms with Gasteiger partial charge in [0.2, 0.25) is 15.9 Å². The summed E-state index contributed by atoms with van der Waals surface area (Å²) in [6.07, 6.45) is 3.21. The van der Waals surface area contributed by atoms with Crippen LogP contribution in [0.5, 0.6) is 11.5 Å². The van der Waals surface area contributed by atoms with E-state index in [9.17, 15) is 13.2 Å². The van der Waals surface area contributed by atoms with Crippen LogP contribution in [0.1, 0.15) is 6.42 Å². The Labute approximate surface area is 170 Å². The summed E-state index contributed by atoms with van der Waals surface area (Å²) in [5.41, 5.74) is 0.553. The van der Waals surface area contributed by atoms with Crippen molar-refractivity contribution in [2.24, 2.45) is 0 Å². The minimum absolute atomic E-state index is 0.148. The van der Waals surface area contributed by atoms with E-state index in [1.807, 2.05) is 4.90 Å². The fourth-order valence-electron chi connectivity index (χ4n) is 3.19. The third kappa shape index (κ3) is 5.08. The fraction of sp³-hybridized carbons (Fsp3) is 0.421. The van der Waals surface area contributed by atoms with E-state index in [0.717, 1.165) is 0 Å². The summed E-state index contributed by atoms with van der Waals surface area (Å²) in [6.45, 7) is 1.97. The number of benzene rings is 1. The minimum Gasteiger partial charge on any atom is -0.497 e. The maximum absolute atomic E-state index is 12.6. The zero-order valence-corrected chi connectivity index (χ0v) is 17.3. The second-order valence-electron chi connectivity index (χ2n) is 6.61. The number of carbonyl (C=O) groups excluding carboxylic acids is 1. The zero-order chi connectivity index (χ0) is 20.9. The number of nitrogens with zero attached hydrogens (tertiary/aromatic N) is 2. The van der Waals surface area contributed by atoms with Gasteiger partial charge in [0.05, 0.1) is 32.7 Å². The first-order chi connectivity index (χ1) is 13.9. The molecule has 1 aromatic heterocycles. The van der Waals surface area contributed by atoms with Gasteiger partial charge >= 0.3 is 0 Å². The Morgan fingerprint density at radius 3 is 2.66 bits per heavy atom. The summed E-state index contributed by atoms with van der Waals surface area (Å²) in [5, 5.41) is 2.84. The molecule has 0 bridgehead atoms. The van der Waals surface area contributed by atoms with Crippen LogP contribution < -0.4 is 14.8 Å². The van der Waals surface area contributed by atoms with Crippen LogP contribution in [0.15, 0.2) is 46.1 Å². The summed E-state index contributed by atoms with van der Waals surface area (Å²) in [5.74, 6) is 0.942. The number of carbonyl (C=O) groups is 1. The maximum Gasteiger partial charge on any atom is 0.246 e. The average molecular weight is 423 g/mol. The SMILES string of the molecule is COc1ccc(NC(=O)CN2CCCN(S(=O)(=O)c3ccoc3)CC2)c(OC)c1. The average Bonchev–Trinajstić information content (AvgIpc) is 3.16. The summed E-state index contributed by atoms with van der Waals surface area (Å²) in [4.78, 5) is 14.6. The molecule has 10 heteroatoms. The highest BCUT2D eigenvalue weighted by Gasteiger charge is 2.28. The number of anilines is 1. The van der Waals surface area contributed by atoms with Gasteiger partial charge in [-0.2, -0.15) is 4.31 Å². The first kappa shape index (κ1) is 21.2. The third-order valence-corrected chi connectivity index (χ3v) is 6.60. The first-order valence-electron chi connectivity index (χ1n) is 9.20. The van der Waals surface area contributed by atoms with E-state index in [1.165, 1.54) is 30.0 Å². The van der Waals surface area contributed by atoms with Gasteiger partial charge in [-0.3, -0.25) is 9.69 Å². The number of sulfonamides is 1. The number of amides is 1. The predicted octanol–water partition coefficient (Wildman–Crippen LogP) is 1.63. The predicted molar refractivity (Wildman–Crippen MR) is 107 cm³/mol. The van der Waals surface area contributed by atoms with Crippen molar-refractivity contribution in [1.29, 1.82) is 0 Å². The topological polar surface area (TPSA) is 101 Å². The van der Waals surface area contributed by atoms with E-state index in [4.69, 9.17) is 13.9 Å². The molecule has 1 aliphatic rings. The lowest BCUT2D eigenvalue weighted by Gasteiger charge is -2.21. The number of hydrogen-bond donors (Lipinski definition) is 1. The van der Waals surface area contributed by atoms with Crippen LogP contribution in [-0.4, -0.2) is 70.5 Å². The minimum atomic E-state index is -3.57. The van der Waals surface area contributed by atoms with Gasteiger partial charge in [-0.05, 0) is 31.2 Å². The van der Waals surface area contributed by atoms with Crippen molar-refractivity contribution in [3.63, 3.8) is 0 Å². The quantitative estimate of drug-likeness (QED) is 0.722. The highest BCUT2D eigenvalue weighted by atomic mass is 32.2. The van der Waals surface area contributed by atoms with Gasteiger partial charge in [0.1, 0.15) is 22.7 Å². The molecular weight excluding hydrogens is 398 g/mol. The van der Waals surface area contributed by atoms with Crippen LogP contribution in [0.25, 0.3) is 0 Å². The van der Waals surface area contributed by atoms with Crippen LogP contribution in [0.2, 0.25) is 0 Å². The van der Waals surface area contributed by atoms with E-state index in [1.54, 1.807) is 25.3 Å². The van der Waals surface area contributed by atoms with Gasteiger partial charge in [-0.15, -0.1) is 0 Å². The molecule has 29 heavy (non-hydrogen) atoms. The van der Waals surface area contributed by atoms with Crippen molar-refractivity contribution in [2.45, 2.75) is 11.3 Å². The molecule has 0 saturated carbocycles. The number of hydrogen-bond acceptors (Lipinski definition) is 7. The normalized spacial score (nSPS) is 16.2. The molecule has 1 aliphatic heterocycles. The van der Waals surface area contributed by atoms with Crippen LogP contribution >= 0.6 is 0 Å². The van der Waals surface area contributed by atoms with Crippen molar-refractivity contribution in [3.8, 4) is 11.5 Å². The second kappa shape index (κ2) is 9.29. The first-order valence-corrected chi connectivity index (χ1v) is 10.6. The van der Waals surface area contributed by atoms with Crippen LogP contribution in [0, 0.1) is 0 Å². The highest BCUT2D eigenvalue weighted by Crippen LogP contribution is 2.29. The van der Waals surface area contributed by atoms with Gasteiger partial charge in [-0.1, -0.05) is 0 Å². The van der Waals surface area contributed by atoms with E-state index in [-0.39, 0.29) is 17.3 Å². The molecule has 1 aromatic carbocycles. The highest BCUT2D eigenvalue weighted by molar-refractivity contribution is 7.89. The Morgan fingerprint density at radius 2 is 1.97 bits per heavy atom. The number of methoxy groups -OCH3 is 2. The molecule has 2 heterocycles. The Bertz CT molecular complexity index is 929. The Balaban J connectivity index is 1.58. The lowest BCUT2D eigenvalue weighted by Crippen LogP contribution is -2.38. The van der Waals surface area contributed by atoms with Crippen molar-refractivity contribution >= 4 is 21.6 Å². The van der Waals surface area contributed by atoms with Crippen molar-refractivity contribution in [2.75, 3.05) is 52.3 Å². The maximum atomic E-state index is 12.6. The summed E-state index contributed by atoms with van der Waals surface area (Å²) < 4.78 is 42.1. The summed E-state index contributed by atoms with van der Waals surface area (Å²) in [7, 11) is -0.494. The monoisotopic (exact) mass is 423 g/mol. The molecule has 2 aromatic rings.